The quantitative estimate of drug-likeness (QED) is 0.794. The summed E-state index contributed by atoms with van der Waals surface area (Å²) in [5.41, 5.74) is 2.64. The van der Waals surface area contributed by atoms with E-state index < -0.39 is 0 Å². The highest BCUT2D eigenvalue weighted by molar-refractivity contribution is 5.21. The zero-order valence-electron chi connectivity index (χ0n) is 10.8. The lowest BCUT2D eigenvalue weighted by atomic mass is 10.1. The fourth-order valence-electron chi connectivity index (χ4n) is 2.18. The van der Waals surface area contributed by atoms with Crippen LogP contribution < -0.4 is 0 Å². The fourth-order valence-corrected chi connectivity index (χ4v) is 2.18. The van der Waals surface area contributed by atoms with Crippen LogP contribution in [0.15, 0.2) is 24.3 Å². The van der Waals surface area contributed by atoms with Crippen LogP contribution in [0.1, 0.15) is 37.3 Å². The molecule has 0 amide bonds. The molecule has 2 heteroatoms. The summed E-state index contributed by atoms with van der Waals surface area (Å²) in [5.74, 6) is 0. The second-order valence-corrected chi connectivity index (χ2v) is 4.93. The number of hydrogen-bond donors (Lipinski definition) is 0. The van der Waals surface area contributed by atoms with Crippen LogP contribution >= 0.6 is 0 Å². The van der Waals surface area contributed by atoms with E-state index in [9.17, 15) is 0 Å². The fraction of sp³-hybridized carbons (Fsp3) is 0.600. The standard InChI is InChI=1S/C15H22O2/c1-12-6-8-14(9-7-12)11-13(2)17-15-5-3-4-10-16-15/h6-9,13,15H,3-5,10-11H2,1-2H3/t13-,15?/m0/s1. The van der Waals surface area contributed by atoms with Crippen LogP contribution in [0.5, 0.6) is 0 Å². The molecule has 1 aromatic carbocycles. The molecule has 0 aliphatic carbocycles. The van der Waals surface area contributed by atoms with E-state index in [0.29, 0.717) is 0 Å². The largest absolute Gasteiger partial charge is 0.353 e. The van der Waals surface area contributed by atoms with Crippen LogP contribution in [-0.2, 0) is 15.9 Å². The summed E-state index contributed by atoms with van der Waals surface area (Å²) in [6.45, 7) is 5.08. The van der Waals surface area contributed by atoms with E-state index in [-0.39, 0.29) is 12.4 Å². The van der Waals surface area contributed by atoms with Crippen LogP contribution in [0, 0.1) is 6.92 Å². The number of hydrogen-bond acceptors (Lipinski definition) is 2. The van der Waals surface area contributed by atoms with E-state index >= 15 is 0 Å². The first-order valence-electron chi connectivity index (χ1n) is 6.56. The Kier molecular flexibility index (Phi) is 4.57. The van der Waals surface area contributed by atoms with Crippen LogP contribution in [-0.4, -0.2) is 19.0 Å². The molecule has 1 aliphatic heterocycles. The molecule has 1 aliphatic rings. The molecule has 1 aromatic rings. The van der Waals surface area contributed by atoms with Crippen LogP contribution in [0.3, 0.4) is 0 Å². The Morgan fingerprint density at radius 1 is 1.29 bits per heavy atom. The maximum absolute atomic E-state index is 5.90. The molecular weight excluding hydrogens is 212 g/mol. The molecular formula is C15H22O2. The first kappa shape index (κ1) is 12.6. The van der Waals surface area contributed by atoms with E-state index in [1.165, 1.54) is 24.0 Å². The van der Waals surface area contributed by atoms with E-state index in [4.69, 9.17) is 9.47 Å². The van der Waals surface area contributed by atoms with Gasteiger partial charge in [0.2, 0.25) is 0 Å². The first-order chi connectivity index (χ1) is 8.24. The van der Waals surface area contributed by atoms with Gasteiger partial charge in [0.25, 0.3) is 0 Å². The van der Waals surface area contributed by atoms with Crippen molar-refractivity contribution in [1.82, 2.24) is 0 Å². The van der Waals surface area contributed by atoms with Gasteiger partial charge in [-0.25, -0.2) is 0 Å². The predicted octanol–water partition coefficient (Wildman–Crippen LogP) is 3.47. The smallest absolute Gasteiger partial charge is 0.157 e. The number of aryl methyl sites for hydroxylation is 1. The molecule has 1 heterocycles. The number of benzene rings is 1. The Labute approximate surface area is 104 Å². The molecule has 0 N–H and O–H groups in total. The van der Waals surface area contributed by atoms with Gasteiger partial charge in [0, 0.05) is 6.61 Å². The summed E-state index contributed by atoms with van der Waals surface area (Å²) in [6, 6.07) is 8.66. The Balaban J connectivity index is 1.79. The average Bonchev–Trinajstić information content (AvgIpc) is 2.33. The third kappa shape index (κ3) is 4.14. The summed E-state index contributed by atoms with van der Waals surface area (Å²) >= 11 is 0. The summed E-state index contributed by atoms with van der Waals surface area (Å²) in [7, 11) is 0. The van der Waals surface area contributed by atoms with E-state index in [0.717, 1.165) is 19.4 Å². The van der Waals surface area contributed by atoms with Gasteiger partial charge in [-0.05, 0) is 45.1 Å². The maximum atomic E-state index is 5.90. The van der Waals surface area contributed by atoms with Crippen molar-refractivity contribution in [1.29, 1.82) is 0 Å². The molecule has 17 heavy (non-hydrogen) atoms. The van der Waals surface area contributed by atoms with Crippen molar-refractivity contribution in [3.05, 3.63) is 35.4 Å². The van der Waals surface area contributed by atoms with Crippen molar-refractivity contribution in [2.24, 2.45) is 0 Å². The highest BCUT2D eigenvalue weighted by Crippen LogP contribution is 2.17. The predicted molar refractivity (Wildman–Crippen MR) is 69.0 cm³/mol. The summed E-state index contributed by atoms with van der Waals surface area (Å²) in [5, 5.41) is 0. The Morgan fingerprint density at radius 2 is 2.06 bits per heavy atom. The second-order valence-electron chi connectivity index (χ2n) is 4.93. The SMILES string of the molecule is Cc1ccc(C[C@H](C)OC2CCCCO2)cc1. The summed E-state index contributed by atoms with van der Waals surface area (Å²) in [4.78, 5) is 0. The highest BCUT2D eigenvalue weighted by Gasteiger charge is 2.17. The van der Waals surface area contributed by atoms with Crippen molar-refractivity contribution < 1.29 is 9.47 Å². The lowest BCUT2D eigenvalue weighted by Gasteiger charge is -2.26. The topological polar surface area (TPSA) is 18.5 Å². The van der Waals surface area contributed by atoms with Gasteiger partial charge in [-0.15, -0.1) is 0 Å². The molecule has 2 rings (SSSR count). The zero-order chi connectivity index (χ0) is 12.1. The van der Waals surface area contributed by atoms with Crippen molar-refractivity contribution in [2.45, 2.75) is 51.9 Å². The lowest BCUT2D eigenvalue weighted by Crippen LogP contribution is -2.27. The molecule has 2 nitrogen and oxygen atoms in total. The minimum Gasteiger partial charge on any atom is -0.353 e. The molecule has 0 saturated carbocycles. The van der Waals surface area contributed by atoms with Gasteiger partial charge < -0.3 is 9.47 Å². The van der Waals surface area contributed by atoms with Crippen LogP contribution in [0.2, 0.25) is 0 Å². The normalized spacial score (nSPS) is 22.4. The van der Waals surface area contributed by atoms with E-state index in [1.807, 2.05) is 0 Å². The molecule has 0 radical (unpaired) electrons. The maximum Gasteiger partial charge on any atom is 0.157 e. The van der Waals surface area contributed by atoms with Gasteiger partial charge in [0.1, 0.15) is 0 Å². The van der Waals surface area contributed by atoms with Gasteiger partial charge in [0.05, 0.1) is 6.10 Å². The molecule has 0 spiro atoms. The van der Waals surface area contributed by atoms with Crippen molar-refractivity contribution in [3.8, 4) is 0 Å². The molecule has 94 valence electrons. The minimum absolute atomic E-state index is 0.0178. The Bertz CT molecular complexity index is 325. The highest BCUT2D eigenvalue weighted by atomic mass is 16.7. The average molecular weight is 234 g/mol. The summed E-state index contributed by atoms with van der Waals surface area (Å²) < 4.78 is 11.5. The lowest BCUT2D eigenvalue weighted by molar-refractivity contribution is -0.183. The van der Waals surface area contributed by atoms with Crippen molar-refractivity contribution >= 4 is 0 Å². The van der Waals surface area contributed by atoms with Crippen molar-refractivity contribution in [2.75, 3.05) is 6.61 Å². The van der Waals surface area contributed by atoms with Crippen LogP contribution in [0.25, 0.3) is 0 Å². The van der Waals surface area contributed by atoms with E-state index in [1.54, 1.807) is 0 Å². The summed E-state index contributed by atoms with van der Waals surface area (Å²) in [6.07, 6.45) is 4.64. The monoisotopic (exact) mass is 234 g/mol. The third-order valence-corrected chi connectivity index (χ3v) is 3.17. The molecule has 1 saturated heterocycles. The van der Waals surface area contributed by atoms with E-state index in [2.05, 4.69) is 38.1 Å². The Morgan fingerprint density at radius 3 is 2.71 bits per heavy atom. The van der Waals surface area contributed by atoms with Crippen LogP contribution in [0.4, 0.5) is 0 Å². The van der Waals surface area contributed by atoms with Gasteiger partial charge >= 0.3 is 0 Å². The molecule has 0 bridgehead atoms. The van der Waals surface area contributed by atoms with Crippen molar-refractivity contribution in [3.63, 3.8) is 0 Å². The van der Waals surface area contributed by atoms with Gasteiger partial charge in [0.15, 0.2) is 6.29 Å². The third-order valence-electron chi connectivity index (χ3n) is 3.17. The zero-order valence-corrected chi connectivity index (χ0v) is 10.8. The molecule has 2 atom stereocenters. The van der Waals surface area contributed by atoms with Gasteiger partial charge in [-0.1, -0.05) is 29.8 Å². The van der Waals surface area contributed by atoms with Gasteiger partial charge in [-0.2, -0.15) is 0 Å². The minimum atomic E-state index is 0.0178. The number of rotatable bonds is 4. The molecule has 1 unspecified atom stereocenters. The Hall–Kier alpha value is -0.860. The number of ether oxygens (including phenoxy) is 2. The van der Waals surface area contributed by atoms with Gasteiger partial charge in [-0.3, -0.25) is 0 Å². The second kappa shape index (κ2) is 6.18. The first-order valence-corrected chi connectivity index (χ1v) is 6.56. The molecule has 1 fully saturated rings. The molecule has 0 aromatic heterocycles.